The summed E-state index contributed by atoms with van der Waals surface area (Å²) in [7, 11) is 0. The summed E-state index contributed by atoms with van der Waals surface area (Å²) in [5, 5.41) is 2.80. The first-order valence-corrected chi connectivity index (χ1v) is 8.12. The summed E-state index contributed by atoms with van der Waals surface area (Å²) in [4.78, 5) is 23.4. The number of anilines is 1. The van der Waals surface area contributed by atoms with Gasteiger partial charge in [-0.15, -0.1) is 0 Å². The summed E-state index contributed by atoms with van der Waals surface area (Å²) < 4.78 is 5.06. The Morgan fingerprint density at radius 1 is 1.35 bits per heavy atom. The Bertz CT molecular complexity index is 448. The first-order valence-electron chi connectivity index (χ1n) is 6.73. The molecule has 0 aliphatic carbocycles. The molecule has 110 valence electrons. The van der Waals surface area contributed by atoms with Crippen LogP contribution in [-0.2, 0) is 9.53 Å². The van der Waals surface area contributed by atoms with Gasteiger partial charge in [-0.3, -0.25) is 4.79 Å². The van der Waals surface area contributed by atoms with Gasteiger partial charge in [0.25, 0.3) is 0 Å². The molecule has 0 aromatic heterocycles. The lowest BCUT2D eigenvalue weighted by Gasteiger charge is -2.07. The number of esters is 1. The molecule has 1 aromatic rings. The van der Waals surface area contributed by atoms with Crippen LogP contribution in [0.2, 0.25) is 0 Å². The van der Waals surface area contributed by atoms with Crippen LogP contribution in [0.3, 0.4) is 0 Å². The fraction of sp³-hybridized carbons (Fsp3) is 0.467. The van der Waals surface area contributed by atoms with Gasteiger partial charge in [0, 0.05) is 12.1 Å². The van der Waals surface area contributed by atoms with Crippen LogP contribution in [-0.4, -0.2) is 30.5 Å². The fourth-order valence-electron chi connectivity index (χ4n) is 1.60. The van der Waals surface area contributed by atoms with Crippen LogP contribution in [0.25, 0.3) is 0 Å². The maximum absolute atomic E-state index is 11.7. The highest BCUT2D eigenvalue weighted by Crippen LogP contribution is 2.13. The first-order chi connectivity index (χ1) is 9.67. The van der Waals surface area contributed by atoms with E-state index >= 15 is 0 Å². The molecule has 1 rings (SSSR count). The van der Waals surface area contributed by atoms with Gasteiger partial charge < -0.3 is 10.1 Å². The number of benzene rings is 1. The van der Waals surface area contributed by atoms with E-state index in [9.17, 15) is 9.59 Å². The van der Waals surface area contributed by atoms with Gasteiger partial charge >= 0.3 is 5.97 Å². The molecule has 0 fully saturated rings. The zero-order valence-corrected chi connectivity index (χ0v) is 12.8. The van der Waals surface area contributed by atoms with E-state index in [-0.39, 0.29) is 11.9 Å². The van der Waals surface area contributed by atoms with Crippen LogP contribution in [0, 0.1) is 0 Å². The molecular weight excluding hydrogens is 274 g/mol. The third-order valence-electron chi connectivity index (χ3n) is 2.57. The van der Waals surface area contributed by atoms with Crippen molar-refractivity contribution in [3.05, 3.63) is 29.8 Å². The smallest absolute Gasteiger partial charge is 0.338 e. The first kappa shape index (κ1) is 16.6. The average molecular weight is 295 g/mol. The number of nitrogens with one attached hydrogen (secondary N) is 1. The minimum Gasteiger partial charge on any atom is -0.462 e. The predicted octanol–water partition coefficient (Wildman–Crippen LogP) is 3.34. The molecule has 0 saturated heterocycles. The van der Waals surface area contributed by atoms with Crippen LogP contribution in [0.4, 0.5) is 5.69 Å². The Balaban J connectivity index is 2.54. The van der Waals surface area contributed by atoms with E-state index in [0.717, 1.165) is 18.6 Å². The summed E-state index contributed by atoms with van der Waals surface area (Å²) in [6.45, 7) is 2.35. The van der Waals surface area contributed by atoms with Crippen molar-refractivity contribution in [1.82, 2.24) is 0 Å². The van der Waals surface area contributed by atoms with Gasteiger partial charge in [-0.05, 0) is 43.0 Å². The lowest BCUT2D eigenvalue weighted by Crippen LogP contribution is -2.12. The Hall–Kier alpha value is -1.49. The summed E-state index contributed by atoms with van der Waals surface area (Å²) >= 11 is 1.72. The number of amides is 1. The van der Waals surface area contributed by atoms with Gasteiger partial charge in [0.2, 0.25) is 5.91 Å². The van der Waals surface area contributed by atoms with E-state index in [0.29, 0.717) is 24.3 Å². The van der Waals surface area contributed by atoms with E-state index < -0.39 is 0 Å². The molecule has 0 unspecified atom stereocenters. The maximum atomic E-state index is 11.7. The zero-order valence-electron chi connectivity index (χ0n) is 12.0. The molecule has 5 heteroatoms. The molecule has 0 atom stereocenters. The van der Waals surface area contributed by atoms with Gasteiger partial charge in [-0.1, -0.05) is 13.0 Å². The van der Waals surface area contributed by atoms with Gasteiger partial charge in [-0.25, -0.2) is 4.79 Å². The van der Waals surface area contributed by atoms with Crippen molar-refractivity contribution in [2.75, 3.05) is 23.9 Å². The standard InChI is InChI=1S/C15H21NO3S/c1-3-9-19-15(18)12-6-4-7-13(11-12)16-14(17)8-5-10-20-2/h4,6-7,11H,3,5,8-10H2,1-2H3,(H,16,17). The SMILES string of the molecule is CCCOC(=O)c1cccc(NC(=O)CCCSC)c1. The third kappa shape index (κ3) is 6.10. The Morgan fingerprint density at radius 2 is 2.15 bits per heavy atom. The molecule has 0 saturated carbocycles. The highest BCUT2D eigenvalue weighted by atomic mass is 32.2. The van der Waals surface area contributed by atoms with Gasteiger partial charge in [0.05, 0.1) is 12.2 Å². The molecule has 4 nitrogen and oxygen atoms in total. The minimum absolute atomic E-state index is 0.0295. The van der Waals surface area contributed by atoms with E-state index in [4.69, 9.17) is 4.74 Å². The largest absolute Gasteiger partial charge is 0.462 e. The lowest BCUT2D eigenvalue weighted by molar-refractivity contribution is -0.116. The summed E-state index contributed by atoms with van der Waals surface area (Å²) in [6, 6.07) is 6.83. The Kier molecular flexibility index (Phi) is 7.80. The second-order valence-electron chi connectivity index (χ2n) is 4.36. The lowest BCUT2D eigenvalue weighted by atomic mass is 10.2. The quantitative estimate of drug-likeness (QED) is 0.590. The molecule has 0 heterocycles. The van der Waals surface area contributed by atoms with Crippen molar-refractivity contribution in [3.63, 3.8) is 0 Å². The predicted molar refractivity (Wildman–Crippen MR) is 83.3 cm³/mol. The van der Waals surface area contributed by atoms with Gasteiger partial charge in [-0.2, -0.15) is 11.8 Å². The monoisotopic (exact) mass is 295 g/mol. The second-order valence-corrected chi connectivity index (χ2v) is 5.35. The topological polar surface area (TPSA) is 55.4 Å². The average Bonchev–Trinajstić information content (AvgIpc) is 2.45. The third-order valence-corrected chi connectivity index (χ3v) is 3.27. The normalized spacial score (nSPS) is 10.1. The number of carbonyl (C=O) groups excluding carboxylic acids is 2. The Morgan fingerprint density at radius 3 is 2.85 bits per heavy atom. The number of rotatable bonds is 8. The Labute approximate surface area is 124 Å². The molecule has 0 aliphatic heterocycles. The highest BCUT2D eigenvalue weighted by Gasteiger charge is 2.08. The fourth-order valence-corrected chi connectivity index (χ4v) is 2.04. The van der Waals surface area contributed by atoms with Gasteiger partial charge in [0.15, 0.2) is 0 Å². The summed E-state index contributed by atoms with van der Waals surface area (Å²) in [6.07, 6.45) is 4.15. The molecule has 0 spiro atoms. The van der Waals surface area contributed by atoms with Crippen molar-refractivity contribution in [3.8, 4) is 0 Å². The maximum Gasteiger partial charge on any atom is 0.338 e. The molecule has 1 N–H and O–H groups in total. The van der Waals surface area contributed by atoms with Crippen molar-refractivity contribution >= 4 is 29.3 Å². The molecule has 1 aromatic carbocycles. The second kappa shape index (κ2) is 9.42. The van der Waals surface area contributed by atoms with E-state index in [1.54, 1.807) is 36.0 Å². The van der Waals surface area contributed by atoms with Crippen LogP contribution in [0.1, 0.15) is 36.5 Å². The van der Waals surface area contributed by atoms with Crippen molar-refractivity contribution in [2.45, 2.75) is 26.2 Å². The molecule has 1 amide bonds. The molecular formula is C15H21NO3S. The molecule has 0 radical (unpaired) electrons. The minimum atomic E-state index is -0.356. The summed E-state index contributed by atoms with van der Waals surface area (Å²) in [5.74, 6) is 0.583. The van der Waals surface area contributed by atoms with Crippen LogP contribution in [0.15, 0.2) is 24.3 Å². The van der Waals surface area contributed by atoms with Crippen molar-refractivity contribution < 1.29 is 14.3 Å². The van der Waals surface area contributed by atoms with E-state index in [2.05, 4.69) is 5.32 Å². The molecule has 0 bridgehead atoms. The number of hydrogen-bond donors (Lipinski definition) is 1. The van der Waals surface area contributed by atoms with Crippen LogP contribution < -0.4 is 5.32 Å². The molecule has 0 aliphatic rings. The number of carbonyl (C=O) groups is 2. The number of ether oxygens (including phenoxy) is 1. The van der Waals surface area contributed by atoms with Crippen molar-refractivity contribution in [1.29, 1.82) is 0 Å². The van der Waals surface area contributed by atoms with E-state index in [1.807, 2.05) is 13.2 Å². The van der Waals surface area contributed by atoms with E-state index in [1.165, 1.54) is 0 Å². The zero-order chi connectivity index (χ0) is 14.8. The van der Waals surface area contributed by atoms with Gasteiger partial charge in [0.1, 0.15) is 0 Å². The van der Waals surface area contributed by atoms with Crippen LogP contribution >= 0.6 is 11.8 Å². The summed E-state index contributed by atoms with van der Waals surface area (Å²) in [5.41, 5.74) is 1.09. The highest BCUT2D eigenvalue weighted by molar-refractivity contribution is 7.98. The number of thioether (sulfide) groups is 1. The molecule has 20 heavy (non-hydrogen) atoms. The van der Waals surface area contributed by atoms with Crippen LogP contribution in [0.5, 0.6) is 0 Å². The number of hydrogen-bond acceptors (Lipinski definition) is 4. The van der Waals surface area contributed by atoms with Crippen molar-refractivity contribution in [2.24, 2.45) is 0 Å².